The van der Waals surface area contributed by atoms with Gasteiger partial charge in [-0.2, -0.15) is 0 Å². The van der Waals surface area contributed by atoms with Gasteiger partial charge in [0.15, 0.2) is 32.8 Å². The maximum atomic E-state index is 13.5. The van der Waals surface area contributed by atoms with Crippen molar-refractivity contribution in [2.24, 2.45) is 0 Å². The van der Waals surface area contributed by atoms with E-state index in [1.165, 1.54) is 0 Å². The van der Waals surface area contributed by atoms with E-state index in [-0.39, 0.29) is 29.7 Å². The van der Waals surface area contributed by atoms with Gasteiger partial charge in [0, 0.05) is 24.2 Å². The van der Waals surface area contributed by atoms with Crippen LogP contribution in [0.2, 0.25) is 0 Å². The molecule has 9 nitrogen and oxygen atoms in total. The fourth-order valence-corrected chi connectivity index (χ4v) is 5.90. The number of amides is 1. The summed E-state index contributed by atoms with van der Waals surface area (Å²) in [5, 5.41) is 3.99. The normalized spacial score (nSPS) is 18.4. The van der Waals surface area contributed by atoms with Gasteiger partial charge in [0.1, 0.15) is 19.0 Å². The maximum absolute atomic E-state index is 13.5. The van der Waals surface area contributed by atoms with E-state index in [0.29, 0.717) is 48.2 Å². The van der Waals surface area contributed by atoms with Crippen LogP contribution < -0.4 is 14.2 Å². The SMILES string of the molecule is COc1ccc(CN(C(=O)c2cc(-c3ccc4c(c3)OCCO4)on2)C2CCS(=O)(=O)C2)cc1. The van der Waals surface area contributed by atoms with E-state index in [0.717, 1.165) is 5.56 Å². The number of hydrogen-bond donors (Lipinski definition) is 0. The molecule has 1 aromatic heterocycles. The molecule has 2 aliphatic heterocycles. The van der Waals surface area contributed by atoms with Gasteiger partial charge < -0.3 is 23.6 Å². The molecule has 34 heavy (non-hydrogen) atoms. The highest BCUT2D eigenvalue weighted by Gasteiger charge is 2.36. The monoisotopic (exact) mass is 484 g/mol. The number of fused-ring (bicyclic) bond motifs is 1. The van der Waals surface area contributed by atoms with E-state index in [4.69, 9.17) is 18.7 Å². The minimum absolute atomic E-state index is 0.0608. The van der Waals surface area contributed by atoms with Gasteiger partial charge >= 0.3 is 0 Å². The molecular formula is C24H24N2O7S. The lowest BCUT2D eigenvalue weighted by molar-refractivity contribution is 0.0670. The van der Waals surface area contributed by atoms with Crippen molar-refractivity contribution in [3.05, 3.63) is 59.8 Å². The lowest BCUT2D eigenvalue weighted by Crippen LogP contribution is -2.40. The Morgan fingerprint density at radius 2 is 1.85 bits per heavy atom. The smallest absolute Gasteiger partial charge is 0.276 e. The third-order valence-electron chi connectivity index (χ3n) is 5.98. The summed E-state index contributed by atoms with van der Waals surface area (Å²) in [7, 11) is -1.61. The van der Waals surface area contributed by atoms with Crippen LogP contribution in [0.3, 0.4) is 0 Å². The summed E-state index contributed by atoms with van der Waals surface area (Å²) in [6.45, 7) is 1.20. The number of nitrogens with zero attached hydrogens (tertiary/aromatic N) is 2. The summed E-state index contributed by atoms with van der Waals surface area (Å²) in [6, 6.07) is 13.8. The fraction of sp³-hybridized carbons (Fsp3) is 0.333. The van der Waals surface area contributed by atoms with E-state index in [2.05, 4.69) is 5.16 Å². The molecule has 0 spiro atoms. The van der Waals surface area contributed by atoms with Gasteiger partial charge in [-0.1, -0.05) is 17.3 Å². The van der Waals surface area contributed by atoms with Crippen molar-refractivity contribution in [2.75, 3.05) is 31.8 Å². The zero-order chi connectivity index (χ0) is 23.7. The van der Waals surface area contributed by atoms with Gasteiger partial charge in [-0.05, 0) is 42.3 Å². The number of carbonyl (C=O) groups is 1. The molecule has 10 heteroatoms. The van der Waals surface area contributed by atoms with Crippen molar-refractivity contribution in [1.29, 1.82) is 0 Å². The summed E-state index contributed by atoms with van der Waals surface area (Å²) in [4.78, 5) is 15.1. The lowest BCUT2D eigenvalue weighted by Gasteiger charge is -2.27. The molecule has 3 heterocycles. The quantitative estimate of drug-likeness (QED) is 0.526. The van der Waals surface area contributed by atoms with Crippen LogP contribution in [-0.2, 0) is 16.4 Å². The Bertz CT molecular complexity index is 1300. The Morgan fingerprint density at radius 1 is 1.09 bits per heavy atom. The molecule has 2 aromatic carbocycles. The molecule has 0 N–H and O–H groups in total. The Morgan fingerprint density at radius 3 is 2.56 bits per heavy atom. The van der Waals surface area contributed by atoms with E-state index < -0.39 is 15.9 Å². The van der Waals surface area contributed by atoms with E-state index in [9.17, 15) is 13.2 Å². The van der Waals surface area contributed by atoms with Gasteiger partial charge in [-0.15, -0.1) is 0 Å². The van der Waals surface area contributed by atoms with Gasteiger partial charge in [0.25, 0.3) is 5.91 Å². The Balaban J connectivity index is 1.41. The predicted octanol–water partition coefficient (Wildman–Crippen LogP) is 2.95. The number of benzene rings is 2. The number of carbonyl (C=O) groups excluding carboxylic acids is 1. The van der Waals surface area contributed by atoms with E-state index in [1.807, 2.05) is 12.1 Å². The van der Waals surface area contributed by atoms with Crippen LogP contribution in [0.15, 0.2) is 53.1 Å². The largest absolute Gasteiger partial charge is 0.497 e. The van der Waals surface area contributed by atoms with E-state index in [1.54, 1.807) is 48.4 Å². The van der Waals surface area contributed by atoms with Crippen LogP contribution in [-0.4, -0.2) is 62.3 Å². The van der Waals surface area contributed by atoms with Crippen LogP contribution in [0.1, 0.15) is 22.5 Å². The maximum Gasteiger partial charge on any atom is 0.276 e. The fourth-order valence-electron chi connectivity index (χ4n) is 4.17. The standard InChI is InChI=1S/C24H24N2O7S/c1-30-19-5-2-16(3-6-19)14-26(18-8-11-34(28,29)15-18)24(27)20-13-22(33-25-20)17-4-7-21-23(12-17)32-10-9-31-21/h2-7,12-13,18H,8-11,14-15H2,1H3. The molecule has 0 bridgehead atoms. The van der Waals surface area contributed by atoms with Crippen molar-refractivity contribution in [3.8, 4) is 28.6 Å². The Hall–Kier alpha value is -3.53. The van der Waals surface area contributed by atoms with Crippen molar-refractivity contribution in [1.82, 2.24) is 10.1 Å². The molecule has 1 saturated heterocycles. The van der Waals surface area contributed by atoms with Crippen LogP contribution in [0.4, 0.5) is 0 Å². The molecule has 0 radical (unpaired) electrons. The van der Waals surface area contributed by atoms with Gasteiger partial charge in [0.05, 0.1) is 18.6 Å². The second kappa shape index (κ2) is 9.02. The van der Waals surface area contributed by atoms with Crippen molar-refractivity contribution >= 4 is 15.7 Å². The van der Waals surface area contributed by atoms with Crippen molar-refractivity contribution in [3.63, 3.8) is 0 Å². The first-order valence-corrected chi connectivity index (χ1v) is 12.7. The number of methoxy groups -OCH3 is 1. The van der Waals surface area contributed by atoms with Crippen LogP contribution in [0, 0.1) is 0 Å². The molecule has 1 unspecified atom stereocenters. The minimum atomic E-state index is -3.19. The summed E-state index contributed by atoms with van der Waals surface area (Å²) in [6.07, 6.45) is 0.386. The van der Waals surface area contributed by atoms with E-state index >= 15 is 0 Å². The number of rotatable bonds is 6. The van der Waals surface area contributed by atoms with Gasteiger partial charge in [-0.3, -0.25) is 4.79 Å². The molecule has 1 atom stereocenters. The minimum Gasteiger partial charge on any atom is -0.497 e. The van der Waals surface area contributed by atoms with Crippen LogP contribution in [0.5, 0.6) is 17.2 Å². The number of sulfone groups is 1. The first-order chi connectivity index (χ1) is 16.4. The number of ether oxygens (including phenoxy) is 3. The first-order valence-electron chi connectivity index (χ1n) is 10.9. The summed E-state index contributed by atoms with van der Waals surface area (Å²) >= 11 is 0. The predicted molar refractivity (Wildman–Crippen MR) is 123 cm³/mol. The topological polar surface area (TPSA) is 108 Å². The molecule has 5 rings (SSSR count). The Labute approximate surface area is 197 Å². The molecule has 1 fully saturated rings. The second-order valence-electron chi connectivity index (χ2n) is 8.27. The second-order valence-corrected chi connectivity index (χ2v) is 10.5. The average Bonchev–Trinajstić information content (AvgIpc) is 3.49. The summed E-state index contributed by atoms with van der Waals surface area (Å²) in [5.41, 5.74) is 1.66. The lowest BCUT2D eigenvalue weighted by atomic mass is 10.1. The molecule has 0 aliphatic carbocycles. The summed E-state index contributed by atoms with van der Waals surface area (Å²) < 4.78 is 46.1. The molecule has 178 valence electrons. The van der Waals surface area contributed by atoms with Crippen LogP contribution >= 0.6 is 0 Å². The van der Waals surface area contributed by atoms with Crippen LogP contribution in [0.25, 0.3) is 11.3 Å². The highest BCUT2D eigenvalue weighted by atomic mass is 32.2. The third-order valence-corrected chi connectivity index (χ3v) is 7.73. The zero-order valence-corrected chi connectivity index (χ0v) is 19.4. The van der Waals surface area contributed by atoms with Gasteiger partial charge in [0.2, 0.25) is 0 Å². The molecule has 1 amide bonds. The molecule has 2 aliphatic rings. The number of hydrogen-bond acceptors (Lipinski definition) is 8. The van der Waals surface area contributed by atoms with Crippen molar-refractivity contribution < 1.29 is 31.9 Å². The highest BCUT2D eigenvalue weighted by molar-refractivity contribution is 7.91. The third kappa shape index (κ3) is 4.58. The summed E-state index contributed by atoms with van der Waals surface area (Å²) in [5.74, 6) is 1.97. The molecule has 0 saturated carbocycles. The highest BCUT2D eigenvalue weighted by Crippen LogP contribution is 2.35. The molecular weight excluding hydrogens is 460 g/mol. The first kappa shape index (κ1) is 22.3. The zero-order valence-electron chi connectivity index (χ0n) is 18.6. The van der Waals surface area contributed by atoms with Gasteiger partial charge in [-0.25, -0.2) is 8.42 Å². The average molecular weight is 485 g/mol. The van der Waals surface area contributed by atoms with Crippen molar-refractivity contribution in [2.45, 2.75) is 19.0 Å². The number of aromatic nitrogens is 1. The molecule has 3 aromatic rings. The Kier molecular flexibility index (Phi) is 5.91.